The van der Waals surface area contributed by atoms with Gasteiger partial charge in [0, 0.05) is 11.1 Å². The molecule has 94 valence electrons. The molecule has 0 radical (unpaired) electrons. The highest BCUT2D eigenvalue weighted by molar-refractivity contribution is 5.58. The predicted octanol–water partition coefficient (Wildman–Crippen LogP) is 2.73. The van der Waals surface area contributed by atoms with E-state index in [9.17, 15) is 0 Å². The predicted molar refractivity (Wildman–Crippen MR) is 68.9 cm³/mol. The summed E-state index contributed by atoms with van der Waals surface area (Å²) in [5, 5.41) is 8.29. The summed E-state index contributed by atoms with van der Waals surface area (Å²) < 4.78 is 7.54. The van der Waals surface area contributed by atoms with Crippen molar-refractivity contribution in [2.24, 2.45) is 0 Å². The van der Waals surface area contributed by atoms with Crippen LogP contribution in [0.1, 0.15) is 31.9 Å². The Morgan fingerprint density at radius 1 is 1.17 bits per heavy atom. The fourth-order valence-corrected chi connectivity index (χ4v) is 2.23. The molecule has 1 aliphatic rings. The summed E-state index contributed by atoms with van der Waals surface area (Å²) in [4.78, 5) is 0. The number of nitrogens with zero attached hydrogens (tertiary/aromatic N) is 3. The molecule has 0 saturated carbocycles. The van der Waals surface area contributed by atoms with E-state index in [0.717, 1.165) is 18.0 Å². The number of aromatic nitrogens is 3. The highest BCUT2D eigenvalue weighted by Crippen LogP contribution is 2.28. The van der Waals surface area contributed by atoms with Gasteiger partial charge in [-0.2, -0.15) is 0 Å². The van der Waals surface area contributed by atoms with Gasteiger partial charge in [0.1, 0.15) is 6.33 Å². The minimum atomic E-state index is -0.0195. The largest absolute Gasteiger partial charge is 0.372 e. The standard InChI is InChI=1S/C14H17N3O/c1-14(2,3)17-9-15-16-13(17)10-4-5-11-7-18-8-12(11)6-10/h4-6,9H,7-8H2,1-3H3. The number of fused-ring (bicyclic) bond motifs is 1. The Balaban J connectivity index is 2.08. The molecule has 0 amide bonds. The highest BCUT2D eigenvalue weighted by Gasteiger charge is 2.20. The molecular weight excluding hydrogens is 226 g/mol. The van der Waals surface area contributed by atoms with E-state index in [1.165, 1.54) is 11.1 Å². The van der Waals surface area contributed by atoms with Gasteiger partial charge in [-0.15, -0.1) is 10.2 Å². The van der Waals surface area contributed by atoms with E-state index in [2.05, 4.69) is 53.7 Å². The summed E-state index contributed by atoms with van der Waals surface area (Å²) in [6, 6.07) is 6.38. The van der Waals surface area contributed by atoms with Gasteiger partial charge in [0.15, 0.2) is 5.82 Å². The molecule has 0 aliphatic carbocycles. The van der Waals surface area contributed by atoms with E-state index in [4.69, 9.17) is 4.74 Å². The molecule has 3 rings (SSSR count). The lowest BCUT2D eigenvalue weighted by Gasteiger charge is -2.22. The Bertz CT molecular complexity index is 581. The van der Waals surface area contributed by atoms with E-state index in [1.54, 1.807) is 6.33 Å². The Kier molecular flexibility index (Phi) is 2.48. The molecule has 1 aromatic heterocycles. The molecule has 18 heavy (non-hydrogen) atoms. The van der Waals surface area contributed by atoms with Gasteiger partial charge in [0.2, 0.25) is 0 Å². The van der Waals surface area contributed by atoms with Crippen LogP contribution in [0, 0.1) is 0 Å². The Hall–Kier alpha value is -1.68. The van der Waals surface area contributed by atoms with E-state index in [0.29, 0.717) is 6.61 Å². The summed E-state index contributed by atoms with van der Waals surface area (Å²) in [5.41, 5.74) is 3.62. The van der Waals surface area contributed by atoms with Crippen LogP contribution in [0.4, 0.5) is 0 Å². The summed E-state index contributed by atoms with van der Waals surface area (Å²) in [5.74, 6) is 0.914. The Morgan fingerprint density at radius 3 is 2.72 bits per heavy atom. The van der Waals surface area contributed by atoms with Gasteiger partial charge < -0.3 is 9.30 Å². The van der Waals surface area contributed by atoms with Gasteiger partial charge in [0.05, 0.1) is 13.2 Å². The molecule has 2 heterocycles. The second-order valence-corrected chi connectivity index (χ2v) is 5.67. The molecule has 0 fully saturated rings. The molecule has 4 heteroatoms. The van der Waals surface area contributed by atoms with Crippen molar-refractivity contribution in [3.8, 4) is 11.4 Å². The van der Waals surface area contributed by atoms with E-state index < -0.39 is 0 Å². The van der Waals surface area contributed by atoms with Crippen molar-refractivity contribution in [3.63, 3.8) is 0 Å². The van der Waals surface area contributed by atoms with Crippen LogP contribution in [0.15, 0.2) is 24.5 Å². The van der Waals surface area contributed by atoms with Gasteiger partial charge in [-0.1, -0.05) is 12.1 Å². The van der Waals surface area contributed by atoms with Crippen molar-refractivity contribution in [1.82, 2.24) is 14.8 Å². The zero-order valence-electron chi connectivity index (χ0n) is 11.0. The lowest BCUT2D eigenvalue weighted by molar-refractivity contribution is 0.134. The minimum Gasteiger partial charge on any atom is -0.372 e. The SMILES string of the molecule is CC(C)(C)n1cnnc1-c1ccc2c(c1)COC2. The van der Waals surface area contributed by atoms with Crippen LogP contribution in [0.25, 0.3) is 11.4 Å². The van der Waals surface area contributed by atoms with Gasteiger partial charge in [-0.3, -0.25) is 0 Å². The zero-order valence-corrected chi connectivity index (χ0v) is 11.0. The van der Waals surface area contributed by atoms with Crippen LogP contribution in [-0.4, -0.2) is 14.8 Å². The number of hydrogen-bond donors (Lipinski definition) is 0. The number of hydrogen-bond acceptors (Lipinski definition) is 3. The van der Waals surface area contributed by atoms with Crippen LogP contribution in [0.2, 0.25) is 0 Å². The fourth-order valence-electron chi connectivity index (χ4n) is 2.23. The van der Waals surface area contributed by atoms with Crippen LogP contribution >= 0.6 is 0 Å². The first kappa shape index (κ1) is 11.4. The number of ether oxygens (including phenoxy) is 1. The Morgan fingerprint density at radius 2 is 1.94 bits per heavy atom. The molecule has 0 saturated heterocycles. The quantitative estimate of drug-likeness (QED) is 0.773. The average Bonchev–Trinajstić information content (AvgIpc) is 2.96. The maximum absolute atomic E-state index is 5.44. The van der Waals surface area contributed by atoms with Gasteiger partial charge in [-0.25, -0.2) is 0 Å². The highest BCUT2D eigenvalue weighted by atomic mass is 16.5. The van der Waals surface area contributed by atoms with Crippen molar-refractivity contribution in [1.29, 1.82) is 0 Å². The van der Waals surface area contributed by atoms with Gasteiger partial charge in [-0.05, 0) is 38.0 Å². The van der Waals surface area contributed by atoms with Crippen molar-refractivity contribution in [2.75, 3.05) is 0 Å². The molecule has 1 aliphatic heterocycles. The monoisotopic (exact) mass is 243 g/mol. The second-order valence-electron chi connectivity index (χ2n) is 5.67. The van der Waals surface area contributed by atoms with Crippen LogP contribution in [0.5, 0.6) is 0 Å². The number of rotatable bonds is 1. The van der Waals surface area contributed by atoms with Crippen molar-refractivity contribution in [3.05, 3.63) is 35.7 Å². The molecular formula is C14H17N3O. The van der Waals surface area contributed by atoms with Gasteiger partial charge >= 0.3 is 0 Å². The molecule has 1 aromatic carbocycles. The molecule has 0 atom stereocenters. The van der Waals surface area contributed by atoms with Crippen LogP contribution in [0.3, 0.4) is 0 Å². The first-order valence-electron chi connectivity index (χ1n) is 6.16. The van der Waals surface area contributed by atoms with E-state index in [-0.39, 0.29) is 5.54 Å². The second kappa shape index (κ2) is 3.92. The molecule has 0 spiro atoms. The summed E-state index contributed by atoms with van der Waals surface area (Å²) in [6.07, 6.45) is 1.79. The average molecular weight is 243 g/mol. The first-order valence-corrected chi connectivity index (χ1v) is 6.16. The maximum Gasteiger partial charge on any atom is 0.164 e. The van der Waals surface area contributed by atoms with E-state index in [1.807, 2.05) is 0 Å². The third-order valence-electron chi connectivity index (χ3n) is 3.25. The van der Waals surface area contributed by atoms with Crippen molar-refractivity contribution < 1.29 is 4.74 Å². The minimum absolute atomic E-state index is 0.0195. The summed E-state index contributed by atoms with van der Waals surface area (Å²) >= 11 is 0. The van der Waals surface area contributed by atoms with Gasteiger partial charge in [0.25, 0.3) is 0 Å². The van der Waals surface area contributed by atoms with Crippen LogP contribution < -0.4 is 0 Å². The molecule has 2 aromatic rings. The zero-order chi connectivity index (χ0) is 12.8. The number of benzene rings is 1. The first-order chi connectivity index (χ1) is 8.55. The van der Waals surface area contributed by atoms with Crippen molar-refractivity contribution in [2.45, 2.75) is 39.5 Å². The lowest BCUT2D eigenvalue weighted by atomic mass is 10.0. The molecule has 0 unspecified atom stereocenters. The summed E-state index contributed by atoms with van der Waals surface area (Å²) in [6.45, 7) is 7.87. The van der Waals surface area contributed by atoms with Crippen molar-refractivity contribution >= 4 is 0 Å². The van der Waals surface area contributed by atoms with Crippen LogP contribution in [-0.2, 0) is 23.5 Å². The molecule has 0 bridgehead atoms. The smallest absolute Gasteiger partial charge is 0.164 e. The third kappa shape index (κ3) is 1.82. The lowest BCUT2D eigenvalue weighted by Crippen LogP contribution is -2.21. The molecule has 4 nitrogen and oxygen atoms in total. The Labute approximate surface area is 107 Å². The maximum atomic E-state index is 5.44. The fraction of sp³-hybridized carbons (Fsp3) is 0.429. The normalized spacial score (nSPS) is 14.8. The molecule has 0 N–H and O–H groups in total. The third-order valence-corrected chi connectivity index (χ3v) is 3.25. The summed E-state index contributed by atoms with van der Waals surface area (Å²) in [7, 11) is 0. The topological polar surface area (TPSA) is 39.9 Å². The van der Waals surface area contributed by atoms with E-state index >= 15 is 0 Å².